The lowest BCUT2D eigenvalue weighted by atomic mass is 10.0. The van der Waals surface area contributed by atoms with Crippen molar-refractivity contribution in [3.05, 3.63) is 81.2 Å². The number of benzene rings is 1. The average molecular weight is 382 g/mol. The number of rotatable bonds is 6. The van der Waals surface area contributed by atoms with Gasteiger partial charge in [-0.1, -0.05) is 42.0 Å². The predicted octanol–water partition coefficient (Wildman–Crippen LogP) is 5.61. The molecule has 4 rings (SSSR count). The third kappa shape index (κ3) is 3.62. The highest BCUT2D eigenvalue weighted by Crippen LogP contribution is 2.30. The summed E-state index contributed by atoms with van der Waals surface area (Å²) in [5.41, 5.74) is 2.48. The van der Waals surface area contributed by atoms with E-state index in [-0.39, 0.29) is 12.1 Å². The van der Waals surface area contributed by atoms with Crippen LogP contribution in [0.3, 0.4) is 0 Å². The van der Waals surface area contributed by atoms with Crippen LogP contribution in [-0.4, -0.2) is 10.2 Å². The van der Waals surface area contributed by atoms with Gasteiger partial charge in [-0.2, -0.15) is 0 Å². The van der Waals surface area contributed by atoms with Crippen molar-refractivity contribution in [3.63, 3.8) is 0 Å². The fraction of sp³-hybridized carbons (Fsp3) is 0.200. The Morgan fingerprint density at radius 3 is 2.42 bits per heavy atom. The molecular formula is C20H19N3OS2. The minimum atomic E-state index is -0.0652. The highest BCUT2D eigenvalue weighted by molar-refractivity contribution is 7.13. The molecule has 2 atom stereocenters. The molecule has 4 aromatic rings. The van der Waals surface area contributed by atoms with Crippen molar-refractivity contribution in [2.24, 2.45) is 0 Å². The van der Waals surface area contributed by atoms with Crippen LogP contribution in [0.1, 0.15) is 40.9 Å². The first-order valence-corrected chi connectivity index (χ1v) is 10.2. The Hall–Kier alpha value is -2.28. The lowest BCUT2D eigenvalue weighted by Crippen LogP contribution is -2.25. The number of nitrogens with zero attached hydrogens (tertiary/aromatic N) is 2. The first kappa shape index (κ1) is 17.1. The van der Waals surface area contributed by atoms with Crippen LogP contribution in [-0.2, 0) is 0 Å². The zero-order valence-corrected chi connectivity index (χ0v) is 16.2. The molecule has 1 N–H and O–H groups in total. The smallest absolute Gasteiger partial charge is 0.257 e. The minimum Gasteiger partial charge on any atom is -0.418 e. The van der Waals surface area contributed by atoms with Gasteiger partial charge in [0.2, 0.25) is 5.89 Å². The Balaban J connectivity index is 1.58. The SMILES string of the molecule is Cc1ccc([C@@H](N[C@@H](C)c2nnc(-c3cccs3)o2)c2cccs2)cc1. The zero-order valence-electron chi connectivity index (χ0n) is 14.5. The molecule has 1 aromatic carbocycles. The summed E-state index contributed by atoms with van der Waals surface area (Å²) < 4.78 is 5.89. The van der Waals surface area contributed by atoms with Gasteiger partial charge in [0.25, 0.3) is 5.89 Å². The molecule has 0 aliphatic heterocycles. The summed E-state index contributed by atoms with van der Waals surface area (Å²) in [6.45, 7) is 4.16. The maximum Gasteiger partial charge on any atom is 0.257 e. The standard InChI is InChI=1S/C20H19N3OS2/c1-13-7-9-15(10-8-13)18(16-5-3-11-25-16)21-14(2)19-22-23-20(24-19)17-6-4-12-26-17/h3-12,14,18,21H,1-2H3/t14-,18+/m0/s1. The van der Waals surface area contributed by atoms with Gasteiger partial charge >= 0.3 is 0 Å². The number of hydrogen-bond donors (Lipinski definition) is 1. The van der Waals surface area contributed by atoms with Crippen LogP contribution in [0.2, 0.25) is 0 Å². The van der Waals surface area contributed by atoms with E-state index in [9.17, 15) is 0 Å². The molecule has 0 aliphatic rings. The Morgan fingerprint density at radius 2 is 1.73 bits per heavy atom. The molecule has 0 fully saturated rings. The van der Waals surface area contributed by atoms with E-state index >= 15 is 0 Å². The van der Waals surface area contributed by atoms with Crippen LogP contribution in [0.5, 0.6) is 0 Å². The molecule has 6 heteroatoms. The van der Waals surface area contributed by atoms with Crippen molar-refractivity contribution in [1.82, 2.24) is 15.5 Å². The minimum absolute atomic E-state index is 0.0652. The first-order chi connectivity index (χ1) is 12.7. The van der Waals surface area contributed by atoms with Gasteiger partial charge in [0.1, 0.15) is 0 Å². The second-order valence-electron chi connectivity index (χ2n) is 6.17. The molecule has 0 saturated heterocycles. The monoisotopic (exact) mass is 381 g/mol. The molecule has 26 heavy (non-hydrogen) atoms. The van der Waals surface area contributed by atoms with Crippen molar-refractivity contribution < 1.29 is 4.42 Å². The lowest BCUT2D eigenvalue weighted by molar-refractivity contribution is 0.405. The molecule has 0 saturated carbocycles. The highest BCUT2D eigenvalue weighted by Gasteiger charge is 2.22. The van der Waals surface area contributed by atoms with Crippen LogP contribution in [0.25, 0.3) is 10.8 Å². The van der Waals surface area contributed by atoms with E-state index in [1.54, 1.807) is 22.7 Å². The Morgan fingerprint density at radius 1 is 0.962 bits per heavy atom. The summed E-state index contributed by atoms with van der Waals surface area (Å²) in [4.78, 5) is 2.25. The first-order valence-electron chi connectivity index (χ1n) is 8.44. The van der Waals surface area contributed by atoms with Crippen LogP contribution in [0.4, 0.5) is 0 Å². The summed E-state index contributed by atoms with van der Waals surface area (Å²) >= 11 is 3.34. The Kier molecular flexibility index (Phi) is 4.97. The quantitative estimate of drug-likeness (QED) is 0.472. The predicted molar refractivity (Wildman–Crippen MR) is 107 cm³/mol. The van der Waals surface area contributed by atoms with Crippen molar-refractivity contribution >= 4 is 22.7 Å². The van der Waals surface area contributed by atoms with Crippen LogP contribution in [0, 0.1) is 6.92 Å². The van der Waals surface area contributed by atoms with Gasteiger partial charge in [0.15, 0.2) is 0 Å². The van der Waals surface area contributed by atoms with Crippen LogP contribution < -0.4 is 5.32 Å². The molecular weight excluding hydrogens is 362 g/mol. The summed E-state index contributed by atoms with van der Waals surface area (Å²) in [5.74, 6) is 1.17. The van der Waals surface area contributed by atoms with Gasteiger partial charge in [0, 0.05) is 4.88 Å². The summed E-state index contributed by atoms with van der Waals surface area (Å²) in [5, 5.41) is 16.2. The number of nitrogens with one attached hydrogen (secondary N) is 1. The van der Waals surface area contributed by atoms with Crippen molar-refractivity contribution in [3.8, 4) is 10.8 Å². The van der Waals surface area contributed by atoms with Gasteiger partial charge in [-0.3, -0.25) is 5.32 Å². The normalized spacial score (nSPS) is 13.6. The number of thiophene rings is 2. The molecule has 4 nitrogen and oxygen atoms in total. The van der Waals surface area contributed by atoms with Crippen molar-refractivity contribution in [1.29, 1.82) is 0 Å². The van der Waals surface area contributed by atoms with Crippen LogP contribution in [0.15, 0.2) is 63.7 Å². The molecule has 0 spiro atoms. The van der Waals surface area contributed by atoms with E-state index in [4.69, 9.17) is 4.42 Å². The van der Waals surface area contributed by atoms with Crippen LogP contribution >= 0.6 is 22.7 Å². The van der Waals surface area contributed by atoms with Crippen molar-refractivity contribution in [2.45, 2.75) is 25.9 Å². The van der Waals surface area contributed by atoms with E-state index in [1.165, 1.54) is 16.0 Å². The Bertz CT molecular complexity index is 944. The average Bonchev–Trinajstić information content (AvgIpc) is 3.42. The molecule has 0 amide bonds. The second-order valence-corrected chi connectivity index (χ2v) is 8.10. The summed E-state index contributed by atoms with van der Waals surface area (Å²) in [6, 6.07) is 16.8. The third-order valence-electron chi connectivity index (χ3n) is 4.20. The molecule has 0 aliphatic carbocycles. The molecule has 132 valence electrons. The van der Waals surface area contributed by atoms with Gasteiger partial charge < -0.3 is 4.42 Å². The lowest BCUT2D eigenvalue weighted by Gasteiger charge is -2.21. The fourth-order valence-electron chi connectivity index (χ4n) is 2.79. The van der Waals surface area contributed by atoms with Gasteiger partial charge in [-0.15, -0.1) is 32.9 Å². The van der Waals surface area contributed by atoms with E-state index < -0.39 is 0 Å². The maximum atomic E-state index is 5.89. The molecule has 0 radical (unpaired) electrons. The second kappa shape index (κ2) is 7.53. The zero-order chi connectivity index (χ0) is 17.9. The number of aryl methyl sites for hydroxylation is 1. The fourth-order valence-corrected chi connectivity index (χ4v) is 4.24. The summed E-state index contributed by atoms with van der Waals surface area (Å²) in [6.07, 6.45) is 0. The van der Waals surface area contributed by atoms with E-state index in [2.05, 4.69) is 71.1 Å². The van der Waals surface area contributed by atoms with Gasteiger partial charge in [0.05, 0.1) is 17.0 Å². The molecule has 3 heterocycles. The van der Waals surface area contributed by atoms with E-state index in [0.717, 1.165) is 4.88 Å². The largest absolute Gasteiger partial charge is 0.418 e. The van der Waals surface area contributed by atoms with E-state index in [0.29, 0.717) is 11.8 Å². The van der Waals surface area contributed by atoms with E-state index in [1.807, 2.05) is 17.5 Å². The molecule has 0 unspecified atom stereocenters. The highest BCUT2D eigenvalue weighted by atomic mass is 32.1. The van der Waals surface area contributed by atoms with Crippen molar-refractivity contribution in [2.75, 3.05) is 0 Å². The maximum absolute atomic E-state index is 5.89. The number of hydrogen-bond acceptors (Lipinski definition) is 6. The Labute approximate surface area is 160 Å². The summed E-state index contributed by atoms with van der Waals surface area (Å²) in [7, 11) is 0. The topological polar surface area (TPSA) is 51.0 Å². The third-order valence-corrected chi connectivity index (χ3v) is 5.99. The molecule has 3 aromatic heterocycles. The molecule has 0 bridgehead atoms. The number of aromatic nitrogens is 2. The van der Waals surface area contributed by atoms with Gasteiger partial charge in [-0.05, 0) is 42.3 Å². The van der Waals surface area contributed by atoms with Gasteiger partial charge in [-0.25, -0.2) is 0 Å².